The summed E-state index contributed by atoms with van der Waals surface area (Å²) in [5.41, 5.74) is 0. The summed E-state index contributed by atoms with van der Waals surface area (Å²) < 4.78 is 0. The van der Waals surface area contributed by atoms with E-state index in [-0.39, 0.29) is 5.91 Å². The van der Waals surface area contributed by atoms with Crippen molar-refractivity contribution in [3.05, 3.63) is 10.9 Å². The van der Waals surface area contributed by atoms with Crippen LogP contribution >= 0.6 is 11.3 Å². The fourth-order valence-corrected chi connectivity index (χ4v) is 2.59. The summed E-state index contributed by atoms with van der Waals surface area (Å²) >= 11 is 1.63. The van der Waals surface area contributed by atoms with Crippen LogP contribution in [0.15, 0.2) is 6.07 Å². The number of hydrogen-bond donors (Lipinski definition) is 3. The Bertz CT molecular complexity index is 595. The Morgan fingerprint density at radius 2 is 2.16 bits per heavy atom. The third-order valence-corrected chi connectivity index (χ3v) is 3.61. The van der Waals surface area contributed by atoms with E-state index >= 15 is 0 Å². The van der Waals surface area contributed by atoms with Crippen molar-refractivity contribution in [1.29, 1.82) is 0 Å². The molecular weight excluding hydrogens is 262 g/mol. The molecule has 0 saturated carbocycles. The average molecular weight is 279 g/mol. The number of aromatic nitrogens is 2. The lowest BCUT2D eigenvalue weighted by molar-refractivity contribution is -0.120. The molecule has 7 heteroatoms. The minimum Gasteiger partial charge on any atom is -0.369 e. The monoisotopic (exact) mass is 279 g/mol. The highest BCUT2D eigenvalue weighted by Gasteiger charge is 2.10. The van der Waals surface area contributed by atoms with Crippen molar-refractivity contribution in [2.24, 2.45) is 0 Å². The summed E-state index contributed by atoms with van der Waals surface area (Å²) in [5.74, 6) is 1.35. The second kappa shape index (κ2) is 5.83. The predicted molar refractivity (Wildman–Crippen MR) is 78.9 cm³/mol. The molecule has 0 bridgehead atoms. The molecule has 2 rings (SSSR count). The molecule has 0 aliphatic heterocycles. The molecule has 0 unspecified atom stereocenters. The highest BCUT2D eigenvalue weighted by Crippen LogP contribution is 2.29. The average Bonchev–Trinajstić information content (AvgIpc) is 2.78. The van der Waals surface area contributed by atoms with Crippen LogP contribution in [0, 0.1) is 6.92 Å². The molecule has 0 aliphatic rings. The second-order valence-electron chi connectivity index (χ2n) is 4.07. The van der Waals surface area contributed by atoms with Crippen molar-refractivity contribution < 1.29 is 4.79 Å². The number of thiophene rings is 1. The van der Waals surface area contributed by atoms with Gasteiger partial charge in [-0.25, -0.2) is 4.98 Å². The molecule has 0 spiro atoms. The molecule has 0 saturated heterocycles. The maximum Gasteiger partial charge on any atom is 0.225 e. The van der Waals surface area contributed by atoms with E-state index in [1.807, 2.05) is 6.92 Å². The summed E-state index contributed by atoms with van der Waals surface area (Å²) in [7, 11) is 3.42. The number of fused-ring (bicyclic) bond motifs is 1. The molecule has 0 atom stereocenters. The number of nitrogens with zero attached hydrogens (tertiary/aromatic N) is 2. The van der Waals surface area contributed by atoms with Crippen molar-refractivity contribution in [3.8, 4) is 0 Å². The zero-order valence-corrected chi connectivity index (χ0v) is 12.0. The van der Waals surface area contributed by atoms with Crippen LogP contribution in [-0.4, -0.2) is 36.5 Å². The van der Waals surface area contributed by atoms with E-state index in [4.69, 9.17) is 0 Å². The first-order valence-electron chi connectivity index (χ1n) is 6.04. The molecule has 102 valence electrons. The van der Waals surface area contributed by atoms with Gasteiger partial charge in [-0.15, -0.1) is 11.3 Å². The molecule has 2 heterocycles. The number of rotatable bonds is 5. The Labute approximate surface area is 115 Å². The topological polar surface area (TPSA) is 78.9 Å². The van der Waals surface area contributed by atoms with Crippen LogP contribution < -0.4 is 16.0 Å². The molecular formula is C12H17N5OS. The Balaban J connectivity index is 2.22. The largest absolute Gasteiger partial charge is 0.369 e. The molecule has 0 aromatic carbocycles. The first kappa shape index (κ1) is 13.5. The van der Waals surface area contributed by atoms with Crippen LogP contribution in [0.1, 0.15) is 11.3 Å². The molecule has 1 amide bonds. The molecule has 6 nitrogen and oxygen atoms in total. The SMILES string of the molecule is CNC(=O)CCNc1nc(NC)nc2sc(C)cc12. The lowest BCUT2D eigenvalue weighted by Crippen LogP contribution is -2.21. The Morgan fingerprint density at radius 3 is 2.84 bits per heavy atom. The van der Waals surface area contributed by atoms with Gasteiger partial charge in [0.15, 0.2) is 0 Å². The summed E-state index contributed by atoms with van der Waals surface area (Å²) in [4.78, 5) is 22.1. The molecule has 2 aromatic heterocycles. The number of aryl methyl sites for hydroxylation is 1. The van der Waals surface area contributed by atoms with Gasteiger partial charge in [-0.3, -0.25) is 4.79 Å². The van der Waals surface area contributed by atoms with E-state index in [9.17, 15) is 4.79 Å². The number of nitrogens with one attached hydrogen (secondary N) is 3. The van der Waals surface area contributed by atoms with Gasteiger partial charge >= 0.3 is 0 Å². The molecule has 0 aliphatic carbocycles. The van der Waals surface area contributed by atoms with E-state index in [1.165, 1.54) is 4.88 Å². The minimum absolute atomic E-state index is 0.00754. The zero-order chi connectivity index (χ0) is 13.8. The fraction of sp³-hybridized carbons (Fsp3) is 0.417. The maximum absolute atomic E-state index is 11.2. The first-order valence-corrected chi connectivity index (χ1v) is 6.86. The lowest BCUT2D eigenvalue weighted by Gasteiger charge is -2.08. The third-order valence-electron chi connectivity index (χ3n) is 2.66. The third kappa shape index (κ3) is 3.11. The van der Waals surface area contributed by atoms with Crippen molar-refractivity contribution in [2.45, 2.75) is 13.3 Å². The van der Waals surface area contributed by atoms with Gasteiger partial charge in [0.2, 0.25) is 11.9 Å². The van der Waals surface area contributed by atoms with Gasteiger partial charge in [0.25, 0.3) is 0 Å². The standard InChI is InChI=1S/C12H17N5OS/c1-7-6-8-10(15-5-4-9(18)13-2)16-12(14-3)17-11(8)19-7/h6H,4-5H2,1-3H3,(H,13,18)(H2,14,15,16,17). The first-order chi connectivity index (χ1) is 9.13. The van der Waals surface area contributed by atoms with E-state index in [2.05, 4.69) is 32.0 Å². The smallest absolute Gasteiger partial charge is 0.225 e. The van der Waals surface area contributed by atoms with Crippen LogP contribution in [0.4, 0.5) is 11.8 Å². The summed E-state index contributed by atoms with van der Waals surface area (Å²) in [6, 6.07) is 2.06. The quantitative estimate of drug-likeness (QED) is 0.774. The number of hydrogen-bond acceptors (Lipinski definition) is 6. The highest BCUT2D eigenvalue weighted by molar-refractivity contribution is 7.18. The predicted octanol–water partition coefficient (Wildman–Crippen LogP) is 1.59. The molecule has 3 N–H and O–H groups in total. The van der Waals surface area contributed by atoms with E-state index < -0.39 is 0 Å². The van der Waals surface area contributed by atoms with Crippen LogP contribution in [0.3, 0.4) is 0 Å². The Hall–Kier alpha value is -1.89. The minimum atomic E-state index is 0.00754. The second-order valence-corrected chi connectivity index (χ2v) is 5.31. The van der Waals surface area contributed by atoms with Crippen molar-refractivity contribution >= 4 is 39.2 Å². The molecule has 0 fully saturated rings. The van der Waals surface area contributed by atoms with Crippen molar-refractivity contribution in [2.75, 3.05) is 31.3 Å². The van der Waals surface area contributed by atoms with E-state index in [0.717, 1.165) is 16.0 Å². The normalized spacial score (nSPS) is 10.5. The zero-order valence-electron chi connectivity index (χ0n) is 11.2. The highest BCUT2D eigenvalue weighted by atomic mass is 32.1. The maximum atomic E-state index is 11.2. The van der Waals surface area contributed by atoms with Crippen LogP contribution in [-0.2, 0) is 4.79 Å². The van der Waals surface area contributed by atoms with Gasteiger partial charge in [0.1, 0.15) is 10.6 Å². The van der Waals surface area contributed by atoms with E-state index in [0.29, 0.717) is 18.9 Å². The van der Waals surface area contributed by atoms with Crippen molar-refractivity contribution in [1.82, 2.24) is 15.3 Å². The van der Waals surface area contributed by atoms with Crippen LogP contribution in [0.5, 0.6) is 0 Å². The summed E-state index contributed by atoms with van der Waals surface area (Å²) in [6.07, 6.45) is 0.417. The number of carbonyl (C=O) groups is 1. The number of amides is 1. The summed E-state index contributed by atoms with van der Waals surface area (Å²) in [6.45, 7) is 2.59. The molecule has 0 radical (unpaired) electrons. The van der Waals surface area contributed by atoms with Gasteiger partial charge in [0.05, 0.1) is 5.39 Å². The van der Waals surface area contributed by atoms with Crippen LogP contribution in [0.2, 0.25) is 0 Å². The van der Waals surface area contributed by atoms with Gasteiger partial charge in [0, 0.05) is 31.9 Å². The van der Waals surface area contributed by atoms with Crippen LogP contribution in [0.25, 0.3) is 10.2 Å². The van der Waals surface area contributed by atoms with E-state index in [1.54, 1.807) is 25.4 Å². The number of carbonyl (C=O) groups excluding carboxylic acids is 1. The Kier molecular flexibility index (Phi) is 4.16. The van der Waals surface area contributed by atoms with Gasteiger partial charge in [-0.05, 0) is 13.0 Å². The Morgan fingerprint density at radius 1 is 1.37 bits per heavy atom. The molecule has 19 heavy (non-hydrogen) atoms. The van der Waals surface area contributed by atoms with Gasteiger partial charge in [-0.1, -0.05) is 0 Å². The van der Waals surface area contributed by atoms with Crippen molar-refractivity contribution in [3.63, 3.8) is 0 Å². The summed E-state index contributed by atoms with van der Waals surface area (Å²) in [5, 5.41) is 9.73. The molecule has 2 aromatic rings. The fourth-order valence-electron chi connectivity index (χ4n) is 1.71. The van der Waals surface area contributed by atoms with Gasteiger partial charge in [-0.2, -0.15) is 4.98 Å². The van der Waals surface area contributed by atoms with Gasteiger partial charge < -0.3 is 16.0 Å². The number of anilines is 2. The lowest BCUT2D eigenvalue weighted by atomic mass is 10.3.